The highest BCUT2D eigenvalue weighted by molar-refractivity contribution is 6.30. The number of hydrogen-bond donors (Lipinski definition) is 1. The second-order valence-electron chi connectivity index (χ2n) is 5.84. The molecule has 1 amide bonds. The van der Waals surface area contributed by atoms with Crippen molar-refractivity contribution in [3.63, 3.8) is 0 Å². The molecule has 26 heavy (non-hydrogen) atoms. The summed E-state index contributed by atoms with van der Waals surface area (Å²) < 4.78 is 0. The van der Waals surface area contributed by atoms with Gasteiger partial charge in [0.05, 0.1) is 11.6 Å². The minimum absolute atomic E-state index is 0.151. The van der Waals surface area contributed by atoms with Gasteiger partial charge >= 0.3 is 0 Å². The van der Waals surface area contributed by atoms with Crippen LogP contribution in [0, 0.1) is 11.3 Å². The minimum Gasteiger partial charge on any atom is -0.352 e. The predicted octanol–water partition coefficient (Wildman–Crippen LogP) is 4.85. The minimum atomic E-state index is -0.151. The van der Waals surface area contributed by atoms with Gasteiger partial charge in [-0.3, -0.25) is 4.79 Å². The van der Waals surface area contributed by atoms with Crippen molar-refractivity contribution < 1.29 is 4.79 Å². The van der Waals surface area contributed by atoms with Crippen LogP contribution >= 0.6 is 11.6 Å². The Balaban J connectivity index is 1.76. The summed E-state index contributed by atoms with van der Waals surface area (Å²) >= 11 is 5.88. The van der Waals surface area contributed by atoms with Crippen LogP contribution in [0.5, 0.6) is 0 Å². The zero-order chi connectivity index (χ0) is 18.4. The van der Waals surface area contributed by atoms with Gasteiger partial charge in [-0.2, -0.15) is 5.26 Å². The molecule has 1 N–H and O–H groups in total. The predicted molar refractivity (Wildman–Crippen MR) is 104 cm³/mol. The normalized spacial score (nSPS) is 10.2. The summed E-state index contributed by atoms with van der Waals surface area (Å²) in [7, 11) is 0. The van der Waals surface area contributed by atoms with Gasteiger partial charge in [0, 0.05) is 22.7 Å². The van der Waals surface area contributed by atoms with Crippen molar-refractivity contribution >= 4 is 17.5 Å². The van der Waals surface area contributed by atoms with E-state index in [1.807, 2.05) is 60.7 Å². The van der Waals surface area contributed by atoms with Crippen LogP contribution in [0.3, 0.4) is 0 Å². The lowest BCUT2D eigenvalue weighted by Crippen LogP contribution is -2.26. The maximum atomic E-state index is 12.7. The summed E-state index contributed by atoms with van der Waals surface area (Å²) in [5.74, 6) is -0.151. The number of carbonyl (C=O) groups excluding carboxylic acids is 1. The van der Waals surface area contributed by atoms with Crippen LogP contribution in [0.1, 0.15) is 21.5 Å². The number of nitrogens with one attached hydrogen (secondary N) is 1. The largest absolute Gasteiger partial charge is 0.352 e. The molecule has 128 valence electrons. The zero-order valence-electron chi connectivity index (χ0n) is 14.1. The maximum absolute atomic E-state index is 12.7. The molecule has 0 aromatic heterocycles. The van der Waals surface area contributed by atoms with Crippen LogP contribution in [0.25, 0.3) is 11.1 Å². The Bertz CT molecular complexity index is 958. The van der Waals surface area contributed by atoms with Crippen LogP contribution in [-0.4, -0.2) is 12.5 Å². The fourth-order valence-corrected chi connectivity index (χ4v) is 2.92. The van der Waals surface area contributed by atoms with Crippen molar-refractivity contribution in [1.82, 2.24) is 5.32 Å². The van der Waals surface area contributed by atoms with E-state index >= 15 is 0 Å². The van der Waals surface area contributed by atoms with Gasteiger partial charge in [-0.05, 0) is 41.8 Å². The number of hydrogen-bond acceptors (Lipinski definition) is 2. The molecule has 3 aromatic carbocycles. The molecule has 0 aliphatic heterocycles. The topological polar surface area (TPSA) is 52.9 Å². The third kappa shape index (κ3) is 4.11. The van der Waals surface area contributed by atoms with E-state index in [0.717, 1.165) is 23.1 Å². The second-order valence-corrected chi connectivity index (χ2v) is 6.27. The summed E-state index contributed by atoms with van der Waals surface area (Å²) in [6.45, 7) is 0.523. The molecule has 0 aliphatic carbocycles. The first-order valence-corrected chi connectivity index (χ1v) is 8.68. The third-order valence-electron chi connectivity index (χ3n) is 4.12. The van der Waals surface area contributed by atoms with Gasteiger partial charge in [0.2, 0.25) is 0 Å². The quantitative estimate of drug-likeness (QED) is 0.707. The molecule has 0 heterocycles. The summed E-state index contributed by atoms with van der Waals surface area (Å²) in [6, 6.07) is 24.4. The van der Waals surface area contributed by atoms with Gasteiger partial charge in [-0.15, -0.1) is 0 Å². The SMILES string of the molecule is N#Cc1ccccc1-c1ccccc1C(=O)NCCc1ccc(Cl)cc1. The number of carbonyl (C=O) groups is 1. The molecule has 0 spiro atoms. The summed E-state index contributed by atoms with van der Waals surface area (Å²) in [6.07, 6.45) is 0.722. The first-order chi connectivity index (χ1) is 12.7. The number of nitriles is 1. The fraction of sp³-hybridized carbons (Fsp3) is 0.0909. The fourth-order valence-electron chi connectivity index (χ4n) is 2.80. The Morgan fingerprint density at radius 1 is 0.923 bits per heavy atom. The monoisotopic (exact) mass is 360 g/mol. The van der Waals surface area contributed by atoms with E-state index in [2.05, 4.69) is 11.4 Å². The van der Waals surface area contributed by atoms with Crippen molar-refractivity contribution in [2.75, 3.05) is 6.54 Å². The van der Waals surface area contributed by atoms with E-state index in [1.165, 1.54) is 0 Å². The van der Waals surface area contributed by atoms with Gasteiger partial charge in [0.25, 0.3) is 5.91 Å². The lowest BCUT2D eigenvalue weighted by Gasteiger charge is -2.11. The molecular weight excluding hydrogens is 344 g/mol. The lowest BCUT2D eigenvalue weighted by molar-refractivity contribution is 0.0955. The first-order valence-electron chi connectivity index (χ1n) is 8.30. The molecule has 0 bridgehead atoms. The molecule has 0 atom stereocenters. The summed E-state index contributed by atoms with van der Waals surface area (Å²) in [5.41, 5.74) is 3.74. The maximum Gasteiger partial charge on any atom is 0.251 e. The van der Waals surface area contributed by atoms with Crippen molar-refractivity contribution in [3.8, 4) is 17.2 Å². The molecule has 0 saturated heterocycles. The van der Waals surface area contributed by atoms with E-state index in [0.29, 0.717) is 22.7 Å². The number of amides is 1. The van der Waals surface area contributed by atoms with Gasteiger partial charge in [-0.25, -0.2) is 0 Å². The Kier molecular flexibility index (Phi) is 5.68. The molecule has 0 aliphatic rings. The molecular formula is C22H17ClN2O. The average molecular weight is 361 g/mol. The van der Waals surface area contributed by atoms with Crippen molar-refractivity contribution in [3.05, 3.63) is 94.5 Å². The number of benzene rings is 3. The number of rotatable bonds is 5. The van der Waals surface area contributed by atoms with E-state index in [4.69, 9.17) is 11.6 Å². The average Bonchev–Trinajstić information content (AvgIpc) is 2.69. The number of nitrogens with zero attached hydrogens (tertiary/aromatic N) is 1. The summed E-state index contributed by atoms with van der Waals surface area (Å²) in [4.78, 5) is 12.7. The molecule has 0 unspecified atom stereocenters. The van der Waals surface area contributed by atoms with Gasteiger partial charge < -0.3 is 5.32 Å². The molecule has 0 saturated carbocycles. The second kappa shape index (κ2) is 8.33. The van der Waals surface area contributed by atoms with E-state index < -0.39 is 0 Å². The van der Waals surface area contributed by atoms with Crippen LogP contribution in [0.15, 0.2) is 72.8 Å². The lowest BCUT2D eigenvalue weighted by atomic mass is 9.95. The Morgan fingerprint density at radius 2 is 1.58 bits per heavy atom. The third-order valence-corrected chi connectivity index (χ3v) is 4.37. The van der Waals surface area contributed by atoms with Crippen molar-refractivity contribution in [1.29, 1.82) is 5.26 Å². The van der Waals surface area contributed by atoms with E-state index in [9.17, 15) is 10.1 Å². The van der Waals surface area contributed by atoms with Crippen LogP contribution < -0.4 is 5.32 Å². The van der Waals surface area contributed by atoms with Gasteiger partial charge in [-0.1, -0.05) is 60.1 Å². The standard InChI is InChI=1S/C22H17ClN2O/c23-18-11-9-16(10-12-18)13-14-25-22(26)21-8-4-3-7-20(21)19-6-2-1-5-17(19)15-24/h1-12H,13-14H2,(H,25,26). The first kappa shape index (κ1) is 17.7. The van der Waals surface area contributed by atoms with E-state index in [-0.39, 0.29) is 5.91 Å². The summed E-state index contributed by atoms with van der Waals surface area (Å²) in [5, 5.41) is 13.0. The molecule has 3 rings (SSSR count). The van der Waals surface area contributed by atoms with Gasteiger partial charge in [0.1, 0.15) is 0 Å². The number of halogens is 1. The van der Waals surface area contributed by atoms with Crippen molar-refractivity contribution in [2.45, 2.75) is 6.42 Å². The smallest absolute Gasteiger partial charge is 0.251 e. The van der Waals surface area contributed by atoms with Gasteiger partial charge in [0.15, 0.2) is 0 Å². The van der Waals surface area contributed by atoms with Crippen LogP contribution in [-0.2, 0) is 6.42 Å². The molecule has 3 nitrogen and oxygen atoms in total. The highest BCUT2D eigenvalue weighted by atomic mass is 35.5. The van der Waals surface area contributed by atoms with E-state index in [1.54, 1.807) is 12.1 Å². The zero-order valence-corrected chi connectivity index (χ0v) is 14.8. The highest BCUT2D eigenvalue weighted by Gasteiger charge is 2.14. The highest BCUT2D eigenvalue weighted by Crippen LogP contribution is 2.26. The Labute approximate surface area is 157 Å². The molecule has 0 fully saturated rings. The van der Waals surface area contributed by atoms with Crippen LogP contribution in [0.4, 0.5) is 0 Å². The molecule has 4 heteroatoms. The Hall–Kier alpha value is -3.09. The van der Waals surface area contributed by atoms with Crippen molar-refractivity contribution in [2.24, 2.45) is 0 Å². The van der Waals surface area contributed by atoms with Crippen LogP contribution in [0.2, 0.25) is 5.02 Å². The Morgan fingerprint density at radius 3 is 2.31 bits per heavy atom. The molecule has 0 radical (unpaired) electrons. The molecule has 3 aromatic rings.